The summed E-state index contributed by atoms with van der Waals surface area (Å²) in [6.45, 7) is 0. The summed E-state index contributed by atoms with van der Waals surface area (Å²) in [6.07, 6.45) is -3.45. The second kappa shape index (κ2) is 8.66. The van der Waals surface area contributed by atoms with Crippen molar-refractivity contribution >= 4 is 64.1 Å². The van der Waals surface area contributed by atoms with Crippen molar-refractivity contribution in [2.75, 3.05) is 4.90 Å². The van der Waals surface area contributed by atoms with Crippen molar-refractivity contribution in [3.8, 4) is 11.3 Å². The number of halogens is 5. The number of alkyl halides is 3. The van der Waals surface area contributed by atoms with Gasteiger partial charge in [-0.25, -0.2) is 0 Å². The van der Waals surface area contributed by atoms with Crippen molar-refractivity contribution in [1.82, 2.24) is 5.32 Å². The second-order valence-corrected chi connectivity index (χ2v) is 8.06. The number of anilines is 1. The van der Waals surface area contributed by atoms with E-state index in [-0.39, 0.29) is 27.8 Å². The maximum Gasteiger partial charge on any atom is 0.417 e. The molecule has 4 rings (SSSR count). The van der Waals surface area contributed by atoms with Crippen molar-refractivity contribution in [1.29, 1.82) is 0 Å². The number of thiocarbonyl (C=S) groups is 1. The molecule has 1 aliphatic rings. The van der Waals surface area contributed by atoms with E-state index < -0.39 is 28.6 Å². The van der Waals surface area contributed by atoms with Crippen LogP contribution < -0.4 is 10.2 Å². The van der Waals surface area contributed by atoms with Gasteiger partial charge in [0.25, 0.3) is 11.8 Å². The second-order valence-electron chi connectivity index (χ2n) is 6.83. The van der Waals surface area contributed by atoms with Crippen LogP contribution in [0.3, 0.4) is 0 Å². The Hall–Kier alpha value is -3.14. The predicted molar refractivity (Wildman–Crippen MR) is 122 cm³/mol. The highest BCUT2D eigenvalue weighted by Gasteiger charge is 2.35. The lowest BCUT2D eigenvalue weighted by Gasteiger charge is -2.28. The van der Waals surface area contributed by atoms with Crippen molar-refractivity contribution in [3.63, 3.8) is 0 Å². The zero-order valence-corrected chi connectivity index (χ0v) is 18.6. The summed E-state index contributed by atoms with van der Waals surface area (Å²) in [4.78, 5) is 26.5. The zero-order valence-electron chi connectivity index (χ0n) is 16.2. The number of hydrogen-bond acceptors (Lipinski definition) is 4. The molecule has 33 heavy (non-hydrogen) atoms. The van der Waals surface area contributed by atoms with Gasteiger partial charge < -0.3 is 4.42 Å². The topological polar surface area (TPSA) is 62.6 Å². The molecule has 0 spiro atoms. The molecule has 1 aliphatic heterocycles. The lowest BCUT2D eigenvalue weighted by molar-refractivity contribution is -0.137. The summed E-state index contributed by atoms with van der Waals surface area (Å²) in [5.41, 5.74) is -0.764. The molecule has 5 nitrogen and oxygen atoms in total. The Kier molecular flexibility index (Phi) is 6.04. The Balaban J connectivity index is 1.67. The van der Waals surface area contributed by atoms with Crippen molar-refractivity contribution in [2.45, 2.75) is 6.18 Å². The fraction of sp³-hybridized carbons (Fsp3) is 0.0455. The number of nitrogens with zero attached hydrogens (tertiary/aromatic N) is 1. The Morgan fingerprint density at radius 3 is 2.36 bits per heavy atom. The molecule has 0 bridgehead atoms. The van der Waals surface area contributed by atoms with Gasteiger partial charge in [-0.05, 0) is 72.9 Å². The molecule has 2 amide bonds. The van der Waals surface area contributed by atoms with Gasteiger partial charge >= 0.3 is 6.18 Å². The van der Waals surface area contributed by atoms with E-state index in [9.17, 15) is 22.8 Å². The first-order valence-corrected chi connectivity index (χ1v) is 10.3. The number of carbonyl (C=O) groups is 2. The number of rotatable bonds is 3. The van der Waals surface area contributed by atoms with Gasteiger partial charge in [0, 0.05) is 10.6 Å². The first-order valence-electron chi connectivity index (χ1n) is 9.18. The van der Waals surface area contributed by atoms with E-state index in [2.05, 4.69) is 5.32 Å². The summed E-state index contributed by atoms with van der Waals surface area (Å²) < 4.78 is 45.0. The van der Waals surface area contributed by atoms with E-state index in [1.165, 1.54) is 24.3 Å². The molecule has 1 N–H and O–H groups in total. The quantitative estimate of drug-likeness (QED) is 0.262. The van der Waals surface area contributed by atoms with Crippen LogP contribution in [-0.2, 0) is 15.8 Å². The molecule has 2 heterocycles. The van der Waals surface area contributed by atoms with Crippen LogP contribution in [0.4, 0.5) is 18.9 Å². The Bertz CT molecular complexity index is 1320. The molecule has 3 aromatic rings. The first kappa shape index (κ1) is 23.0. The lowest BCUT2D eigenvalue weighted by Crippen LogP contribution is -2.54. The smallest absolute Gasteiger partial charge is 0.417 e. The van der Waals surface area contributed by atoms with Crippen LogP contribution in [0.25, 0.3) is 17.4 Å². The summed E-state index contributed by atoms with van der Waals surface area (Å²) in [6, 6.07) is 12.4. The standard InChI is InChI=1S/C22H11Cl2F3N2O3S/c23-12-2-4-13(5-3-12)29-20(31)15(19(30)28-21(29)33)10-14-6-8-18(32-14)11-1-7-17(24)16(9-11)22(25,26)27/h1-10H,(H,28,30,33)/b15-10-. The number of benzene rings is 2. The Morgan fingerprint density at radius 2 is 1.70 bits per heavy atom. The third-order valence-electron chi connectivity index (χ3n) is 4.66. The zero-order chi connectivity index (χ0) is 23.9. The molecule has 11 heteroatoms. The number of carbonyl (C=O) groups excluding carboxylic acids is 2. The fourth-order valence-electron chi connectivity index (χ4n) is 3.11. The van der Waals surface area contributed by atoms with Crippen LogP contribution in [0.15, 0.2) is 64.6 Å². The average Bonchev–Trinajstić information content (AvgIpc) is 3.20. The van der Waals surface area contributed by atoms with E-state index in [0.717, 1.165) is 17.0 Å². The van der Waals surface area contributed by atoms with E-state index >= 15 is 0 Å². The maximum absolute atomic E-state index is 13.1. The first-order chi connectivity index (χ1) is 15.5. The summed E-state index contributed by atoms with van der Waals surface area (Å²) in [5.74, 6) is -1.26. The summed E-state index contributed by atoms with van der Waals surface area (Å²) in [5, 5.41) is 2.33. The van der Waals surface area contributed by atoms with Crippen LogP contribution in [0.5, 0.6) is 0 Å². The summed E-state index contributed by atoms with van der Waals surface area (Å²) >= 11 is 16.7. The van der Waals surface area contributed by atoms with Crippen LogP contribution in [0.2, 0.25) is 10.0 Å². The normalized spacial score (nSPS) is 15.8. The molecular formula is C22H11Cl2F3N2O3S. The minimum atomic E-state index is -4.64. The number of nitrogens with one attached hydrogen (secondary N) is 1. The molecule has 1 aromatic heterocycles. The summed E-state index contributed by atoms with van der Waals surface area (Å²) in [7, 11) is 0. The van der Waals surface area contributed by atoms with Crippen molar-refractivity contribution < 1.29 is 27.2 Å². The molecular weight excluding hydrogens is 500 g/mol. The minimum absolute atomic E-state index is 0.0795. The highest BCUT2D eigenvalue weighted by atomic mass is 35.5. The monoisotopic (exact) mass is 510 g/mol. The van der Waals surface area contributed by atoms with Gasteiger partial charge in [-0.2, -0.15) is 13.2 Å². The number of furan rings is 1. The maximum atomic E-state index is 13.1. The van der Waals surface area contributed by atoms with Crippen LogP contribution in [-0.4, -0.2) is 16.9 Å². The third kappa shape index (κ3) is 4.66. The number of hydrogen-bond donors (Lipinski definition) is 1. The van der Waals surface area contributed by atoms with Gasteiger partial charge in [0.2, 0.25) is 0 Å². The third-order valence-corrected chi connectivity index (χ3v) is 5.52. The largest absolute Gasteiger partial charge is 0.457 e. The Labute approximate surface area is 200 Å². The molecule has 0 atom stereocenters. The van der Waals surface area contributed by atoms with Gasteiger partial charge in [0.15, 0.2) is 5.11 Å². The molecule has 0 unspecified atom stereocenters. The van der Waals surface area contributed by atoms with Crippen molar-refractivity contribution in [2.24, 2.45) is 0 Å². The van der Waals surface area contributed by atoms with Gasteiger partial charge in [0.05, 0.1) is 16.3 Å². The van der Waals surface area contributed by atoms with Crippen LogP contribution in [0.1, 0.15) is 11.3 Å². The SMILES string of the molecule is O=C1NC(=S)N(c2ccc(Cl)cc2)C(=O)/C1=C\c1ccc(-c2ccc(Cl)c(C(F)(F)F)c2)o1. The van der Waals surface area contributed by atoms with E-state index in [1.54, 1.807) is 24.3 Å². The van der Waals surface area contributed by atoms with Crippen molar-refractivity contribution in [3.05, 3.63) is 81.5 Å². The van der Waals surface area contributed by atoms with Gasteiger partial charge in [0.1, 0.15) is 17.1 Å². The molecule has 168 valence electrons. The molecule has 1 saturated heterocycles. The predicted octanol–water partition coefficient (Wildman–Crippen LogP) is 6.10. The molecule has 0 aliphatic carbocycles. The van der Waals surface area contributed by atoms with E-state index in [0.29, 0.717) is 10.7 Å². The number of amides is 2. The highest BCUT2D eigenvalue weighted by Crippen LogP contribution is 2.37. The average molecular weight is 511 g/mol. The van der Waals surface area contributed by atoms with E-state index in [1.807, 2.05) is 0 Å². The van der Waals surface area contributed by atoms with Gasteiger partial charge in [-0.3, -0.25) is 19.8 Å². The van der Waals surface area contributed by atoms with Gasteiger partial charge in [-0.1, -0.05) is 23.2 Å². The van der Waals surface area contributed by atoms with Crippen LogP contribution >= 0.6 is 35.4 Å². The van der Waals surface area contributed by atoms with E-state index in [4.69, 9.17) is 39.8 Å². The van der Waals surface area contributed by atoms with Gasteiger partial charge in [-0.15, -0.1) is 0 Å². The highest BCUT2D eigenvalue weighted by molar-refractivity contribution is 7.80. The molecule has 1 fully saturated rings. The molecule has 2 aromatic carbocycles. The minimum Gasteiger partial charge on any atom is -0.457 e. The fourth-order valence-corrected chi connectivity index (χ4v) is 3.74. The Morgan fingerprint density at radius 1 is 1.00 bits per heavy atom. The lowest BCUT2D eigenvalue weighted by atomic mass is 10.1. The van der Waals surface area contributed by atoms with Crippen LogP contribution in [0, 0.1) is 0 Å². The molecule has 0 saturated carbocycles. The molecule has 0 radical (unpaired) electrons.